The number of aliphatic hydroxyl groups is 1. The van der Waals surface area contributed by atoms with E-state index in [2.05, 4.69) is 5.32 Å². The molecule has 6 heteroatoms. The van der Waals surface area contributed by atoms with Gasteiger partial charge in [0.2, 0.25) is 0 Å². The number of hydrogen-bond acceptors (Lipinski definition) is 6. The first kappa shape index (κ1) is 19.1. The Morgan fingerprint density at radius 2 is 2.07 bits per heavy atom. The van der Waals surface area contributed by atoms with Crippen LogP contribution in [0.1, 0.15) is 6.42 Å². The molecule has 146 valence electrons. The summed E-state index contributed by atoms with van der Waals surface area (Å²) in [4.78, 5) is 12.4. The lowest BCUT2D eigenvalue weighted by Crippen LogP contribution is -2.37. The smallest absolute Gasteiger partial charge is 0.193 e. The molecule has 2 aromatic carbocycles. The van der Waals surface area contributed by atoms with Crippen molar-refractivity contribution in [2.24, 2.45) is 0 Å². The van der Waals surface area contributed by atoms with Crippen molar-refractivity contribution in [1.29, 1.82) is 0 Å². The molecule has 1 saturated heterocycles. The van der Waals surface area contributed by atoms with E-state index >= 15 is 0 Å². The van der Waals surface area contributed by atoms with E-state index < -0.39 is 6.10 Å². The van der Waals surface area contributed by atoms with Gasteiger partial charge in [-0.15, -0.1) is 0 Å². The molecule has 1 aromatic heterocycles. The summed E-state index contributed by atoms with van der Waals surface area (Å²) >= 11 is 1.93. The normalized spacial score (nSPS) is 17.7. The van der Waals surface area contributed by atoms with Crippen molar-refractivity contribution in [2.75, 3.05) is 24.7 Å². The molecule has 0 radical (unpaired) electrons. The first-order chi connectivity index (χ1) is 13.7. The van der Waals surface area contributed by atoms with Gasteiger partial charge in [0, 0.05) is 36.0 Å². The summed E-state index contributed by atoms with van der Waals surface area (Å²) in [6, 6.07) is 16.6. The quantitative estimate of drug-likeness (QED) is 0.637. The number of benzene rings is 2. The second-order valence-corrected chi connectivity index (χ2v) is 8.08. The summed E-state index contributed by atoms with van der Waals surface area (Å²) in [5.74, 6) is 3.36. The van der Waals surface area contributed by atoms with E-state index in [1.54, 1.807) is 18.2 Å². The van der Waals surface area contributed by atoms with Crippen molar-refractivity contribution >= 4 is 22.7 Å². The lowest BCUT2D eigenvalue weighted by molar-refractivity contribution is 0.104. The second kappa shape index (κ2) is 8.82. The van der Waals surface area contributed by atoms with Crippen LogP contribution < -0.4 is 15.5 Å². The summed E-state index contributed by atoms with van der Waals surface area (Å²) in [6.07, 6.45) is 0.551. The van der Waals surface area contributed by atoms with E-state index in [-0.39, 0.29) is 12.0 Å². The zero-order valence-electron chi connectivity index (χ0n) is 15.5. The molecule has 1 fully saturated rings. The average molecular weight is 397 g/mol. The molecule has 2 N–H and O–H groups in total. The highest BCUT2D eigenvalue weighted by Crippen LogP contribution is 2.25. The van der Waals surface area contributed by atoms with Crippen LogP contribution in [0.4, 0.5) is 0 Å². The molecular weight excluding hydrogens is 374 g/mol. The van der Waals surface area contributed by atoms with E-state index in [4.69, 9.17) is 9.15 Å². The SMILES string of the molecule is O=c1cc(-c2ccccc2)oc2cc(OCC(O)CNC3CCSC3)ccc12. The first-order valence-electron chi connectivity index (χ1n) is 9.44. The Hall–Kier alpha value is -2.28. The minimum atomic E-state index is -0.594. The third-order valence-corrected chi connectivity index (χ3v) is 5.94. The monoisotopic (exact) mass is 397 g/mol. The molecule has 0 bridgehead atoms. The van der Waals surface area contributed by atoms with E-state index in [0.29, 0.717) is 35.1 Å². The maximum absolute atomic E-state index is 12.4. The van der Waals surface area contributed by atoms with Crippen LogP contribution in [0.2, 0.25) is 0 Å². The van der Waals surface area contributed by atoms with Crippen molar-refractivity contribution in [3.05, 3.63) is 64.8 Å². The molecule has 2 unspecified atom stereocenters. The molecule has 1 aliphatic rings. The molecule has 3 aromatic rings. The highest BCUT2D eigenvalue weighted by atomic mass is 32.2. The van der Waals surface area contributed by atoms with Gasteiger partial charge >= 0.3 is 0 Å². The predicted molar refractivity (Wildman–Crippen MR) is 113 cm³/mol. The minimum Gasteiger partial charge on any atom is -0.491 e. The van der Waals surface area contributed by atoms with Crippen molar-refractivity contribution in [3.63, 3.8) is 0 Å². The largest absolute Gasteiger partial charge is 0.491 e. The van der Waals surface area contributed by atoms with Crippen LogP contribution >= 0.6 is 11.8 Å². The molecule has 1 aliphatic heterocycles. The average Bonchev–Trinajstić information content (AvgIpc) is 3.25. The molecule has 0 amide bonds. The van der Waals surface area contributed by atoms with Crippen LogP contribution in [0.3, 0.4) is 0 Å². The van der Waals surface area contributed by atoms with Crippen molar-refractivity contribution in [3.8, 4) is 17.1 Å². The van der Waals surface area contributed by atoms with Gasteiger partial charge in [0.05, 0.1) is 5.39 Å². The van der Waals surface area contributed by atoms with Crippen LogP contribution in [0, 0.1) is 0 Å². The summed E-state index contributed by atoms with van der Waals surface area (Å²) in [6.45, 7) is 0.688. The highest BCUT2D eigenvalue weighted by molar-refractivity contribution is 7.99. The lowest BCUT2D eigenvalue weighted by Gasteiger charge is -2.16. The van der Waals surface area contributed by atoms with Gasteiger partial charge in [-0.25, -0.2) is 0 Å². The summed E-state index contributed by atoms with van der Waals surface area (Å²) in [7, 11) is 0. The van der Waals surface area contributed by atoms with Gasteiger partial charge in [-0.3, -0.25) is 4.79 Å². The third kappa shape index (κ3) is 4.58. The van der Waals surface area contributed by atoms with Crippen LogP contribution in [-0.2, 0) is 0 Å². The lowest BCUT2D eigenvalue weighted by atomic mass is 10.1. The van der Waals surface area contributed by atoms with Gasteiger partial charge in [-0.05, 0) is 24.3 Å². The number of fused-ring (bicyclic) bond motifs is 1. The van der Waals surface area contributed by atoms with Crippen LogP contribution in [0.5, 0.6) is 5.75 Å². The van der Waals surface area contributed by atoms with Crippen molar-refractivity contribution in [1.82, 2.24) is 5.32 Å². The molecule has 2 heterocycles. The Kier molecular flexibility index (Phi) is 6.00. The van der Waals surface area contributed by atoms with E-state index in [9.17, 15) is 9.90 Å². The zero-order chi connectivity index (χ0) is 19.3. The molecule has 4 rings (SSSR count). The van der Waals surface area contributed by atoms with Crippen LogP contribution in [0.15, 0.2) is 63.8 Å². The van der Waals surface area contributed by atoms with Gasteiger partial charge in [0.15, 0.2) is 5.43 Å². The number of thioether (sulfide) groups is 1. The third-order valence-electron chi connectivity index (χ3n) is 4.77. The summed E-state index contributed by atoms with van der Waals surface area (Å²) < 4.78 is 11.7. The Balaban J connectivity index is 1.45. The van der Waals surface area contributed by atoms with E-state index in [1.165, 1.54) is 11.8 Å². The Bertz CT molecular complexity index is 983. The number of aliphatic hydroxyl groups excluding tert-OH is 1. The van der Waals surface area contributed by atoms with E-state index in [0.717, 1.165) is 17.7 Å². The van der Waals surface area contributed by atoms with Crippen LogP contribution in [0.25, 0.3) is 22.3 Å². The van der Waals surface area contributed by atoms with Gasteiger partial charge in [0.25, 0.3) is 0 Å². The summed E-state index contributed by atoms with van der Waals surface area (Å²) in [5.41, 5.74) is 1.23. The Morgan fingerprint density at radius 3 is 2.86 bits per heavy atom. The fraction of sp³-hybridized carbons (Fsp3) is 0.318. The second-order valence-electron chi connectivity index (χ2n) is 6.93. The van der Waals surface area contributed by atoms with Crippen LogP contribution in [-0.4, -0.2) is 41.9 Å². The van der Waals surface area contributed by atoms with E-state index in [1.807, 2.05) is 42.1 Å². The number of nitrogens with one attached hydrogen (secondary N) is 1. The molecular formula is C22H23NO4S. The topological polar surface area (TPSA) is 71.7 Å². The van der Waals surface area contributed by atoms with Crippen molar-refractivity contribution in [2.45, 2.75) is 18.6 Å². The fourth-order valence-corrected chi connectivity index (χ4v) is 4.41. The minimum absolute atomic E-state index is 0.0923. The molecule has 0 spiro atoms. The van der Waals surface area contributed by atoms with Crippen molar-refractivity contribution < 1.29 is 14.3 Å². The summed E-state index contributed by atoms with van der Waals surface area (Å²) in [5, 5.41) is 14.0. The van der Waals surface area contributed by atoms with Gasteiger partial charge in [0.1, 0.15) is 29.8 Å². The van der Waals surface area contributed by atoms with Gasteiger partial charge < -0.3 is 19.6 Å². The zero-order valence-corrected chi connectivity index (χ0v) is 16.3. The maximum atomic E-state index is 12.4. The molecule has 2 atom stereocenters. The predicted octanol–water partition coefficient (Wildman–Crippen LogP) is 3.29. The van der Waals surface area contributed by atoms with Gasteiger partial charge in [-0.1, -0.05) is 30.3 Å². The Morgan fingerprint density at radius 1 is 1.21 bits per heavy atom. The Labute approximate surface area is 167 Å². The van der Waals surface area contributed by atoms with Gasteiger partial charge in [-0.2, -0.15) is 11.8 Å². The highest BCUT2D eigenvalue weighted by Gasteiger charge is 2.16. The first-order valence-corrected chi connectivity index (χ1v) is 10.6. The molecule has 28 heavy (non-hydrogen) atoms. The molecule has 0 aliphatic carbocycles. The molecule has 0 saturated carbocycles. The number of rotatable bonds is 7. The number of ether oxygens (including phenoxy) is 1. The fourth-order valence-electron chi connectivity index (χ4n) is 3.22. The standard InChI is InChI=1S/C22H23NO4S/c24-17(12-23-16-8-9-28-14-16)13-26-18-6-7-19-20(25)11-21(27-22(19)10-18)15-4-2-1-3-5-15/h1-7,10-11,16-17,23-24H,8-9,12-14H2. The maximum Gasteiger partial charge on any atom is 0.193 e. The molecule has 5 nitrogen and oxygen atoms in total. The number of hydrogen-bond donors (Lipinski definition) is 2.